The minimum Gasteiger partial charge on any atom is -0.322 e. The Kier molecular flexibility index (Phi) is 9.14. The van der Waals surface area contributed by atoms with Gasteiger partial charge < -0.3 is 16.0 Å². The molecular weight excluding hydrogens is 318 g/mol. The summed E-state index contributed by atoms with van der Waals surface area (Å²) in [5, 5.41) is 12.2. The van der Waals surface area contributed by atoms with E-state index in [-0.39, 0.29) is 43.7 Å². The molecule has 5 nitrogen and oxygen atoms in total. The zero-order valence-corrected chi connectivity index (χ0v) is 13.5. The highest BCUT2D eigenvalue weighted by molar-refractivity contribution is 5.85. The molecule has 2 aliphatic rings. The quantitative estimate of drug-likeness (QED) is 0.803. The van der Waals surface area contributed by atoms with Gasteiger partial charge in [-0.25, -0.2) is 4.39 Å². The fourth-order valence-corrected chi connectivity index (χ4v) is 2.95. The van der Waals surface area contributed by atoms with E-state index in [4.69, 9.17) is 11.0 Å². The summed E-state index contributed by atoms with van der Waals surface area (Å²) in [5.41, 5.74) is 5.94. The van der Waals surface area contributed by atoms with Crippen LogP contribution in [-0.4, -0.2) is 48.7 Å². The Morgan fingerprint density at radius 1 is 1.52 bits per heavy atom. The largest absolute Gasteiger partial charge is 0.322 e. The van der Waals surface area contributed by atoms with Gasteiger partial charge in [-0.3, -0.25) is 4.79 Å². The number of carbonyl (C=O) groups is 1. The van der Waals surface area contributed by atoms with Crippen LogP contribution >= 0.6 is 24.8 Å². The summed E-state index contributed by atoms with van der Waals surface area (Å²) in [6.45, 7) is 1.91. The number of halogens is 3. The van der Waals surface area contributed by atoms with Gasteiger partial charge in [-0.1, -0.05) is 0 Å². The van der Waals surface area contributed by atoms with Crippen molar-refractivity contribution < 1.29 is 9.18 Å². The van der Waals surface area contributed by atoms with Crippen LogP contribution in [0.4, 0.5) is 4.39 Å². The number of nitrogens with one attached hydrogen (secondary N) is 1. The molecule has 0 bridgehead atoms. The van der Waals surface area contributed by atoms with E-state index in [9.17, 15) is 9.18 Å². The Hall–Kier alpha value is -0.610. The molecule has 21 heavy (non-hydrogen) atoms. The summed E-state index contributed by atoms with van der Waals surface area (Å²) in [6.07, 6.45) is 1.79. The molecular formula is C13H23Cl2FN4O. The first kappa shape index (κ1) is 20.4. The van der Waals surface area contributed by atoms with Crippen LogP contribution in [-0.2, 0) is 4.79 Å². The Morgan fingerprint density at radius 3 is 2.81 bits per heavy atom. The number of rotatable bonds is 3. The van der Waals surface area contributed by atoms with E-state index >= 15 is 0 Å². The normalized spacial score (nSPS) is 29.8. The molecule has 4 atom stereocenters. The third-order valence-corrected chi connectivity index (χ3v) is 3.99. The van der Waals surface area contributed by atoms with Gasteiger partial charge in [0.15, 0.2) is 0 Å². The molecule has 0 aliphatic carbocycles. The molecule has 2 fully saturated rings. The van der Waals surface area contributed by atoms with Gasteiger partial charge in [-0.2, -0.15) is 5.26 Å². The number of nitrogens with zero attached hydrogens (tertiary/aromatic N) is 2. The lowest BCUT2D eigenvalue weighted by molar-refractivity contribution is -0.133. The Labute approximate surface area is 137 Å². The van der Waals surface area contributed by atoms with Crippen LogP contribution in [0.25, 0.3) is 0 Å². The first-order valence-electron chi connectivity index (χ1n) is 6.92. The lowest BCUT2D eigenvalue weighted by Gasteiger charge is -2.28. The number of piperidine rings is 1. The van der Waals surface area contributed by atoms with Crippen LogP contribution in [0.5, 0.6) is 0 Å². The number of carbonyl (C=O) groups excluding carboxylic acids is 1. The minimum absolute atomic E-state index is 0. The molecule has 0 saturated carbocycles. The molecule has 1 unspecified atom stereocenters. The fourth-order valence-electron chi connectivity index (χ4n) is 2.95. The molecule has 2 rings (SSSR count). The van der Waals surface area contributed by atoms with Crippen molar-refractivity contribution in [2.45, 2.75) is 43.9 Å². The van der Waals surface area contributed by atoms with E-state index < -0.39 is 18.3 Å². The fraction of sp³-hybridized carbons (Fsp3) is 0.846. The van der Waals surface area contributed by atoms with Gasteiger partial charge in [-0.05, 0) is 38.3 Å². The number of hydrogen-bond acceptors (Lipinski definition) is 4. The van der Waals surface area contributed by atoms with Gasteiger partial charge in [0.2, 0.25) is 5.91 Å². The molecule has 2 aliphatic heterocycles. The third-order valence-electron chi connectivity index (χ3n) is 3.99. The molecule has 122 valence electrons. The van der Waals surface area contributed by atoms with Crippen LogP contribution in [0.15, 0.2) is 0 Å². The molecule has 2 saturated heterocycles. The average Bonchev–Trinajstić information content (AvgIpc) is 2.80. The van der Waals surface area contributed by atoms with Gasteiger partial charge in [0, 0.05) is 6.42 Å². The SMILES string of the molecule is Cl.Cl.N#C[C@@H]1C[C@H](F)CN1C(=O)[C@@H](N)CC1CCCNC1. The zero-order valence-electron chi connectivity index (χ0n) is 11.8. The van der Waals surface area contributed by atoms with Crippen LogP contribution in [0, 0.1) is 17.2 Å². The molecule has 0 spiro atoms. The number of amides is 1. The number of nitriles is 1. The first-order chi connectivity index (χ1) is 9.11. The summed E-state index contributed by atoms with van der Waals surface area (Å²) in [4.78, 5) is 13.5. The molecule has 0 radical (unpaired) electrons. The standard InChI is InChI=1S/C13H21FN4O.2ClH/c14-10-5-11(6-15)18(8-10)13(19)12(16)4-9-2-1-3-17-7-9;;/h9-12,17H,1-5,7-8,16H2;2*1H/t9?,10-,11-,12-;;/m0../s1. The smallest absolute Gasteiger partial charge is 0.240 e. The van der Waals surface area contributed by atoms with Crippen molar-refractivity contribution in [2.24, 2.45) is 11.7 Å². The zero-order chi connectivity index (χ0) is 13.8. The van der Waals surface area contributed by atoms with Gasteiger partial charge >= 0.3 is 0 Å². The molecule has 0 aromatic carbocycles. The van der Waals surface area contributed by atoms with Crippen LogP contribution in [0.3, 0.4) is 0 Å². The highest BCUT2D eigenvalue weighted by Gasteiger charge is 2.37. The monoisotopic (exact) mass is 340 g/mol. The highest BCUT2D eigenvalue weighted by atomic mass is 35.5. The number of likely N-dealkylation sites (tertiary alicyclic amines) is 1. The Balaban J connectivity index is 0.00000200. The van der Waals surface area contributed by atoms with Crippen molar-refractivity contribution in [2.75, 3.05) is 19.6 Å². The van der Waals surface area contributed by atoms with Crippen molar-refractivity contribution in [3.8, 4) is 6.07 Å². The minimum atomic E-state index is -1.10. The lowest BCUT2D eigenvalue weighted by Crippen LogP contribution is -2.47. The molecule has 1 amide bonds. The van der Waals surface area contributed by atoms with Crippen LogP contribution in [0.2, 0.25) is 0 Å². The number of alkyl halides is 1. The molecule has 3 N–H and O–H groups in total. The van der Waals surface area contributed by atoms with Gasteiger partial charge in [0.05, 0.1) is 18.7 Å². The summed E-state index contributed by atoms with van der Waals surface area (Å²) in [7, 11) is 0. The summed E-state index contributed by atoms with van der Waals surface area (Å²) >= 11 is 0. The van der Waals surface area contributed by atoms with Crippen molar-refractivity contribution >= 4 is 30.7 Å². The summed E-state index contributed by atoms with van der Waals surface area (Å²) < 4.78 is 13.3. The third kappa shape index (κ3) is 5.26. The maximum Gasteiger partial charge on any atom is 0.240 e. The lowest BCUT2D eigenvalue weighted by atomic mass is 9.92. The van der Waals surface area contributed by atoms with Crippen LogP contribution in [0.1, 0.15) is 25.7 Å². The number of hydrogen-bond donors (Lipinski definition) is 2. The van der Waals surface area contributed by atoms with Crippen molar-refractivity contribution in [3.05, 3.63) is 0 Å². The van der Waals surface area contributed by atoms with E-state index in [1.807, 2.05) is 6.07 Å². The predicted molar refractivity (Wildman–Crippen MR) is 83.3 cm³/mol. The predicted octanol–water partition coefficient (Wildman–Crippen LogP) is 1.01. The van der Waals surface area contributed by atoms with Crippen LogP contribution < -0.4 is 11.1 Å². The second-order valence-electron chi connectivity index (χ2n) is 5.52. The topological polar surface area (TPSA) is 82.2 Å². The number of nitrogens with two attached hydrogens (primary N) is 1. The van der Waals surface area contributed by atoms with Gasteiger partial charge in [0.25, 0.3) is 0 Å². The molecule has 0 aromatic rings. The van der Waals surface area contributed by atoms with Gasteiger partial charge in [-0.15, -0.1) is 24.8 Å². The summed E-state index contributed by atoms with van der Waals surface area (Å²) in [6, 6.07) is 0.707. The van der Waals surface area contributed by atoms with E-state index in [0.717, 1.165) is 25.9 Å². The van der Waals surface area contributed by atoms with Crippen molar-refractivity contribution in [3.63, 3.8) is 0 Å². The second kappa shape index (κ2) is 9.42. The van der Waals surface area contributed by atoms with Gasteiger partial charge in [0.1, 0.15) is 12.2 Å². The Bertz CT molecular complexity index is 374. The Morgan fingerprint density at radius 2 is 2.24 bits per heavy atom. The average molecular weight is 341 g/mol. The second-order valence-corrected chi connectivity index (χ2v) is 5.52. The molecule has 0 aromatic heterocycles. The molecule has 2 heterocycles. The first-order valence-corrected chi connectivity index (χ1v) is 6.92. The van der Waals surface area contributed by atoms with E-state index in [0.29, 0.717) is 12.3 Å². The highest BCUT2D eigenvalue weighted by Crippen LogP contribution is 2.22. The van der Waals surface area contributed by atoms with Crippen molar-refractivity contribution in [1.29, 1.82) is 5.26 Å². The van der Waals surface area contributed by atoms with E-state index in [1.54, 1.807) is 0 Å². The van der Waals surface area contributed by atoms with E-state index in [2.05, 4.69) is 5.32 Å². The maximum absolute atomic E-state index is 13.3. The summed E-state index contributed by atoms with van der Waals surface area (Å²) in [5.74, 6) is 0.120. The van der Waals surface area contributed by atoms with Crippen molar-refractivity contribution in [1.82, 2.24) is 10.2 Å². The maximum atomic E-state index is 13.3. The molecule has 8 heteroatoms. The van der Waals surface area contributed by atoms with E-state index in [1.165, 1.54) is 4.90 Å².